The molecule has 1 amide bonds. The number of aliphatic hydroxyl groups excluding tert-OH is 1. The quantitative estimate of drug-likeness (QED) is 0.543. The third-order valence-electron chi connectivity index (χ3n) is 4.87. The van der Waals surface area contributed by atoms with Crippen LogP contribution in [0.5, 0.6) is 0 Å². The number of ether oxygens (including phenoxy) is 2. The van der Waals surface area contributed by atoms with E-state index in [1.54, 1.807) is 33.8 Å². The van der Waals surface area contributed by atoms with Crippen molar-refractivity contribution in [2.45, 2.75) is 64.2 Å². The third-order valence-corrected chi connectivity index (χ3v) is 4.87. The van der Waals surface area contributed by atoms with Gasteiger partial charge in [0.2, 0.25) is 5.91 Å². The van der Waals surface area contributed by atoms with Crippen LogP contribution in [0.4, 0.5) is 0 Å². The predicted octanol–water partition coefficient (Wildman–Crippen LogP) is 1.34. The van der Waals surface area contributed by atoms with Crippen LogP contribution in [0, 0.1) is 17.8 Å². The summed E-state index contributed by atoms with van der Waals surface area (Å²) in [7, 11) is 0. The van der Waals surface area contributed by atoms with Crippen molar-refractivity contribution in [2.24, 2.45) is 17.8 Å². The molecule has 0 aromatic carbocycles. The van der Waals surface area contributed by atoms with Gasteiger partial charge in [-0.15, -0.1) is 6.58 Å². The van der Waals surface area contributed by atoms with Gasteiger partial charge >= 0.3 is 11.9 Å². The summed E-state index contributed by atoms with van der Waals surface area (Å²) in [6, 6.07) is 0. The topological polar surface area (TPSA) is 102 Å². The highest BCUT2D eigenvalue weighted by Gasteiger charge is 2.62. The molecule has 7 nitrogen and oxygen atoms in total. The molecule has 2 aliphatic carbocycles. The van der Waals surface area contributed by atoms with Gasteiger partial charge in [-0.3, -0.25) is 9.59 Å². The Kier molecular flexibility index (Phi) is 5.80. The van der Waals surface area contributed by atoms with E-state index in [0.717, 1.165) is 0 Å². The van der Waals surface area contributed by atoms with E-state index in [0.29, 0.717) is 6.42 Å². The molecule has 146 valence electrons. The lowest BCUT2D eigenvalue weighted by Gasteiger charge is -2.26. The van der Waals surface area contributed by atoms with E-state index < -0.39 is 46.9 Å². The van der Waals surface area contributed by atoms with Crippen molar-refractivity contribution < 1.29 is 29.0 Å². The van der Waals surface area contributed by atoms with Gasteiger partial charge in [-0.25, -0.2) is 4.79 Å². The maximum Gasteiger partial charge on any atom is 0.332 e. The fourth-order valence-electron chi connectivity index (χ4n) is 3.51. The standard InChI is InChI=1S/C19H29NO6/c1-6-11-10-19(11,17(24)25-7-2)20-15(22)13-8-12(21)9-14(13)16(23)26-18(3,4)5/h6,11-14,21H,1,7-10H2,2-5H3,(H,20,22)/t11?,12-,13+,14+,19+/m0/s1. The summed E-state index contributed by atoms with van der Waals surface area (Å²) in [5, 5.41) is 12.7. The molecule has 2 saturated carbocycles. The number of hydrogen-bond acceptors (Lipinski definition) is 6. The Morgan fingerprint density at radius 1 is 1.27 bits per heavy atom. The molecule has 0 aromatic heterocycles. The van der Waals surface area contributed by atoms with Crippen LogP contribution in [0.1, 0.15) is 47.0 Å². The molecule has 0 bridgehead atoms. The minimum absolute atomic E-state index is 0.160. The average Bonchev–Trinajstić information content (AvgIpc) is 3.09. The smallest absolute Gasteiger partial charge is 0.332 e. The molecule has 0 heterocycles. The van der Waals surface area contributed by atoms with Crippen LogP contribution in [-0.4, -0.2) is 46.8 Å². The van der Waals surface area contributed by atoms with Gasteiger partial charge in [0, 0.05) is 5.92 Å². The predicted molar refractivity (Wildman–Crippen MR) is 93.9 cm³/mol. The third kappa shape index (κ3) is 4.26. The van der Waals surface area contributed by atoms with Gasteiger partial charge in [0.15, 0.2) is 0 Å². The summed E-state index contributed by atoms with van der Waals surface area (Å²) in [5.41, 5.74) is -1.79. The van der Waals surface area contributed by atoms with Crippen LogP contribution in [0.25, 0.3) is 0 Å². The van der Waals surface area contributed by atoms with E-state index >= 15 is 0 Å². The average molecular weight is 367 g/mol. The van der Waals surface area contributed by atoms with Gasteiger partial charge in [-0.2, -0.15) is 0 Å². The van der Waals surface area contributed by atoms with Crippen molar-refractivity contribution in [1.82, 2.24) is 5.32 Å². The zero-order chi connectivity index (χ0) is 19.7. The van der Waals surface area contributed by atoms with E-state index in [9.17, 15) is 19.5 Å². The molecular weight excluding hydrogens is 338 g/mol. The number of esters is 2. The van der Waals surface area contributed by atoms with Crippen molar-refractivity contribution in [1.29, 1.82) is 0 Å². The number of carbonyl (C=O) groups is 3. The molecule has 2 aliphatic rings. The Morgan fingerprint density at radius 2 is 1.88 bits per heavy atom. The Morgan fingerprint density at radius 3 is 2.38 bits per heavy atom. The van der Waals surface area contributed by atoms with Crippen LogP contribution in [0.3, 0.4) is 0 Å². The van der Waals surface area contributed by atoms with E-state index in [1.807, 2.05) is 0 Å². The summed E-state index contributed by atoms with van der Waals surface area (Å²) < 4.78 is 10.5. The summed E-state index contributed by atoms with van der Waals surface area (Å²) in [6.45, 7) is 10.8. The van der Waals surface area contributed by atoms with Crippen LogP contribution >= 0.6 is 0 Å². The lowest BCUT2D eigenvalue weighted by atomic mass is 9.94. The molecule has 7 heteroatoms. The highest BCUT2D eigenvalue weighted by molar-refractivity contribution is 5.94. The van der Waals surface area contributed by atoms with Gasteiger partial charge in [-0.05, 0) is 47.0 Å². The van der Waals surface area contributed by atoms with E-state index in [-0.39, 0.29) is 25.4 Å². The van der Waals surface area contributed by atoms with Gasteiger partial charge in [-0.1, -0.05) is 6.08 Å². The number of rotatable bonds is 6. The maximum atomic E-state index is 12.8. The molecule has 5 atom stereocenters. The number of hydrogen-bond donors (Lipinski definition) is 2. The Hall–Kier alpha value is -1.89. The fraction of sp³-hybridized carbons (Fsp3) is 0.737. The summed E-state index contributed by atoms with van der Waals surface area (Å²) in [6.07, 6.45) is 1.62. The first-order valence-electron chi connectivity index (χ1n) is 9.06. The Bertz CT molecular complexity index is 595. The molecule has 0 saturated heterocycles. The van der Waals surface area contributed by atoms with Crippen molar-refractivity contribution in [3.8, 4) is 0 Å². The van der Waals surface area contributed by atoms with Gasteiger partial charge in [0.25, 0.3) is 0 Å². The summed E-state index contributed by atoms with van der Waals surface area (Å²) in [5.74, 6) is -3.10. The number of nitrogens with one attached hydrogen (secondary N) is 1. The first-order chi connectivity index (χ1) is 12.0. The molecule has 0 spiro atoms. The van der Waals surface area contributed by atoms with E-state index in [1.165, 1.54) is 0 Å². The van der Waals surface area contributed by atoms with Crippen LogP contribution in [0.15, 0.2) is 12.7 Å². The maximum absolute atomic E-state index is 12.8. The van der Waals surface area contributed by atoms with Gasteiger partial charge in [0.05, 0.1) is 24.5 Å². The van der Waals surface area contributed by atoms with Crippen molar-refractivity contribution in [3.63, 3.8) is 0 Å². The summed E-state index contributed by atoms with van der Waals surface area (Å²) in [4.78, 5) is 37.6. The molecule has 0 aromatic rings. The Balaban J connectivity index is 2.12. The molecule has 2 fully saturated rings. The molecule has 2 N–H and O–H groups in total. The first-order valence-corrected chi connectivity index (χ1v) is 9.06. The van der Waals surface area contributed by atoms with E-state index in [2.05, 4.69) is 11.9 Å². The molecule has 0 radical (unpaired) electrons. The minimum atomic E-state index is -1.11. The largest absolute Gasteiger partial charge is 0.464 e. The van der Waals surface area contributed by atoms with Crippen molar-refractivity contribution in [3.05, 3.63) is 12.7 Å². The van der Waals surface area contributed by atoms with Crippen LogP contribution in [0.2, 0.25) is 0 Å². The van der Waals surface area contributed by atoms with Crippen LogP contribution < -0.4 is 5.32 Å². The second-order valence-electron chi connectivity index (χ2n) is 8.10. The van der Waals surface area contributed by atoms with Crippen molar-refractivity contribution >= 4 is 17.8 Å². The lowest BCUT2D eigenvalue weighted by Crippen LogP contribution is -2.49. The normalized spacial score (nSPS) is 33.3. The second kappa shape index (κ2) is 7.39. The van der Waals surface area contributed by atoms with Gasteiger partial charge in [0.1, 0.15) is 11.1 Å². The SMILES string of the molecule is C=CC1C[C@]1(NC(=O)[C@@H]1C[C@H](O)C[C@H]1C(=O)OC(C)(C)C)C(=O)OCC. The first kappa shape index (κ1) is 20.4. The molecule has 1 unspecified atom stereocenters. The van der Waals surface area contributed by atoms with Crippen LogP contribution in [-0.2, 0) is 23.9 Å². The van der Waals surface area contributed by atoms with Crippen molar-refractivity contribution in [2.75, 3.05) is 6.61 Å². The number of amides is 1. The number of aliphatic hydroxyl groups is 1. The monoisotopic (exact) mass is 367 g/mol. The number of carbonyl (C=O) groups excluding carboxylic acids is 3. The second-order valence-corrected chi connectivity index (χ2v) is 8.10. The Labute approximate surface area is 154 Å². The highest BCUT2D eigenvalue weighted by Crippen LogP contribution is 2.46. The summed E-state index contributed by atoms with van der Waals surface area (Å²) >= 11 is 0. The molecule has 0 aliphatic heterocycles. The van der Waals surface area contributed by atoms with E-state index in [4.69, 9.17) is 9.47 Å². The fourth-order valence-corrected chi connectivity index (χ4v) is 3.51. The minimum Gasteiger partial charge on any atom is -0.464 e. The highest BCUT2D eigenvalue weighted by atomic mass is 16.6. The van der Waals surface area contributed by atoms with Gasteiger partial charge < -0.3 is 19.9 Å². The molecule has 2 rings (SSSR count). The molecular formula is C19H29NO6. The zero-order valence-corrected chi connectivity index (χ0v) is 15.9. The molecule has 26 heavy (non-hydrogen) atoms. The lowest BCUT2D eigenvalue weighted by molar-refractivity contribution is -0.163. The zero-order valence-electron chi connectivity index (χ0n) is 15.9.